The van der Waals surface area contributed by atoms with E-state index in [4.69, 9.17) is 11.6 Å². The summed E-state index contributed by atoms with van der Waals surface area (Å²) in [6.07, 6.45) is 4.89. The Morgan fingerprint density at radius 3 is 2.62 bits per heavy atom. The van der Waals surface area contributed by atoms with Crippen LogP contribution in [0, 0.1) is 0 Å². The second kappa shape index (κ2) is 5.01. The number of carbonyl (C=O) groups is 1. The normalized spacial score (nSPS) is 15.5. The zero-order valence-electron chi connectivity index (χ0n) is 8.94. The van der Waals surface area contributed by atoms with Crippen LogP contribution in [0.5, 0.6) is 0 Å². The van der Waals surface area contributed by atoms with Gasteiger partial charge in [-0.25, -0.2) is 9.97 Å². The molecule has 2 heterocycles. The summed E-state index contributed by atoms with van der Waals surface area (Å²) in [5.74, 6) is 0.678. The quantitative estimate of drug-likeness (QED) is 0.360. The molecule has 1 aliphatic heterocycles. The Balaban J connectivity index is 2.46. The lowest BCUT2D eigenvalue weighted by molar-refractivity contribution is 0.112. The summed E-state index contributed by atoms with van der Waals surface area (Å²) >= 11 is 7.40. The molecule has 2 rings (SSSR count). The fourth-order valence-corrected chi connectivity index (χ4v) is 2.39. The Hall–Kier alpha value is -0.810. The molecule has 4 nitrogen and oxygen atoms in total. The van der Waals surface area contributed by atoms with Crippen LogP contribution in [0.2, 0.25) is 5.15 Å². The maximum Gasteiger partial charge on any atom is 0.190 e. The van der Waals surface area contributed by atoms with Crippen molar-refractivity contribution in [3.05, 3.63) is 10.7 Å². The second-order valence-corrected chi connectivity index (χ2v) is 4.68. The van der Waals surface area contributed by atoms with E-state index < -0.39 is 0 Å². The van der Waals surface area contributed by atoms with Gasteiger partial charge in [-0.2, -0.15) is 0 Å². The number of thioether (sulfide) groups is 1. The number of hydrogen-bond acceptors (Lipinski definition) is 5. The highest BCUT2D eigenvalue weighted by atomic mass is 35.5. The number of anilines is 1. The molecule has 0 atom stereocenters. The fraction of sp³-hybridized carbons (Fsp3) is 0.500. The van der Waals surface area contributed by atoms with Crippen LogP contribution < -0.4 is 4.90 Å². The van der Waals surface area contributed by atoms with Gasteiger partial charge >= 0.3 is 0 Å². The molecule has 16 heavy (non-hydrogen) atoms. The summed E-state index contributed by atoms with van der Waals surface area (Å²) in [6.45, 7) is 1.87. The van der Waals surface area contributed by atoms with Crippen LogP contribution in [0.15, 0.2) is 5.16 Å². The third kappa shape index (κ3) is 2.15. The highest BCUT2D eigenvalue weighted by molar-refractivity contribution is 7.98. The Kier molecular flexibility index (Phi) is 3.66. The number of halogens is 1. The maximum atomic E-state index is 11.0. The zero-order chi connectivity index (χ0) is 11.5. The summed E-state index contributed by atoms with van der Waals surface area (Å²) < 4.78 is 0. The summed E-state index contributed by atoms with van der Waals surface area (Å²) in [5.41, 5.74) is 0.404. The van der Waals surface area contributed by atoms with Gasteiger partial charge in [0.1, 0.15) is 11.0 Å². The minimum absolute atomic E-state index is 0.247. The average molecular weight is 258 g/mol. The topological polar surface area (TPSA) is 46.1 Å². The van der Waals surface area contributed by atoms with E-state index in [1.165, 1.54) is 11.8 Å². The molecule has 1 aliphatic rings. The van der Waals surface area contributed by atoms with Crippen molar-refractivity contribution >= 4 is 35.5 Å². The van der Waals surface area contributed by atoms with Gasteiger partial charge in [0.2, 0.25) is 0 Å². The van der Waals surface area contributed by atoms with E-state index in [1.54, 1.807) is 0 Å². The number of aromatic nitrogens is 2. The summed E-state index contributed by atoms with van der Waals surface area (Å²) in [5, 5.41) is 0.855. The van der Waals surface area contributed by atoms with Crippen LogP contribution >= 0.6 is 23.4 Å². The van der Waals surface area contributed by atoms with Crippen LogP contribution in [-0.2, 0) is 0 Å². The minimum Gasteiger partial charge on any atom is -0.356 e. The van der Waals surface area contributed by atoms with Crippen LogP contribution in [-0.4, -0.2) is 35.6 Å². The lowest BCUT2D eigenvalue weighted by Crippen LogP contribution is -2.21. The number of carbonyl (C=O) groups excluding carboxylic acids is 1. The van der Waals surface area contributed by atoms with Gasteiger partial charge in [-0.3, -0.25) is 4.79 Å². The monoisotopic (exact) mass is 257 g/mol. The highest BCUT2D eigenvalue weighted by Gasteiger charge is 2.20. The first-order valence-corrected chi connectivity index (χ1v) is 6.68. The lowest BCUT2D eigenvalue weighted by atomic mass is 10.3. The molecule has 0 radical (unpaired) electrons. The van der Waals surface area contributed by atoms with Gasteiger partial charge in [0.05, 0.1) is 5.56 Å². The molecular weight excluding hydrogens is 246 g/mol. The van der Waals surface area contributed by atoms with Gasteiger partial charge in [0, 0.05) is 13.1 Å². The Morgan fingerprint density at radius 1 is 1.38 bits per heavy atom. The van der Waals surface area contributed by atoms with Crippen molar-refractivity contribution < 1.29 is 4.79 Å². The molecule has 0 spiro atoms. The summed E-state index contributed by atoms with van der Waals surface area (Å²) in [6, 6.07) is 0. The zero-order valence-corrected chi connectivity index (χ0v) is 10.5. The highest BCUT2D eigenvalue weighted by Crippen LogP contribution is 2.27. The first-order valence-electron chi connectivity index (χ1n) is 5.08. The molecule has 0 bridgehead atoms. The maximum absolute atomic E-state index is 11.0. The third-order valence-corrected chi connectivity index (χ3v) is 3.40. The van der Waals surface area contributed by atoms with Crippen molar-refractivity contribution in [1.29, 1.82) is 0 Å². The lowest BCUT2D eigenvalue weighted by Gasteiger charge is -2.18. The molecule has 0 aliphatic carbocycles. The second-order valence-electron chi connectivity index (χ2n) is 3.55. The van der Waals surface area contributed by atoms with E-state index in [-0.39, 0.29) is 5.15 Å². The number of hydrogen-bond donors (Lipinski definition) is 0. The molecule has 0 aromatic carbocycles. The van der Waals surface area contributed by atoms with Crippen LogP contribution in [0.4, 0.5) is 5.82 Å². The number of nitrogens with zero attached hydrogens (tertiary/aromatic N) is 3. The molecule has 0 amide bonds. The standard InChI is InChI=1S/C10H12ClN3OS/c1-16-10-12-8(11)7(6-15)9(13-10)14-4-2-3-5-14/h6H,2-5H2,1H3. The SMILES string of the molecule is CSc1nc(Cl)c(C=O)c(N2CCCC2)n1. The van der Waals surface area contributed by atoms with Gasteiger partial charge in [-0.1, -0.05) is 23.4 Å². The predicted molar refractivity (Wildman–Crippen MR) is 65.7 cm³/mol. The van der Waals surface area contributed by atoms with Crippen molar-refractivity contribution in [2.45, 2.75) is 18.0 Å². The summed E-state index contributed by atoms with van der Waals surface area (Å²) in [7, 11) is 0. The number of rotatable bonds is 3. The van der Waals surface area contributed by atoms with Gasteiger partial charge in [-0.05, 0) is 19.1 Å². The number of aldehydes is 1. The van der Waals surface area contributed by atoms with E-state index in [0.717, 1.165) is 32.2 Å². The molecule has 86 valence electrons. The van der Waals surface area contributed by atoms with Crippen LogP contribution in [0.25, 0.3) is 0 Å². The molecular formula is C10H12ClN3OS. The van der Waals surface area contributed by atoms with Crippen LogP contribution in [0.1, 0.15) is 23.2 Å². The van der Waals surface area contributed by atoms with Crippen molar-refractivity contribution in [2.24, 2.45) is 0 Å². The van der Waals surface area contributed by atoms with Gasteiger partial charge in [0.15, 0.2) is 11.4 Å². The Morgan fingerprint density at radius 2 is 2.06 bits per heavy atom. The van der Waals surface area contributed by atoms with E-state index >= 15 is 0 Å². The van der Waals surface area contributed by atoms with Crippen molar-refractivity contribution in [3.63, 3.8) is 0 Å². The minimum atomic E-state index is 0.247. The largest absolute Gasteiger partial charge is 0.356 e. The third-order valence-electron chi connectivity index (χ3n) is 2.56. The molecule has 0 saturated carbocycles. The van der Waals surface area contributed by atoms with Gasteiger partial charge in [0.25, 0.3) is 0 Å². The van der Waals surface area contributed by atoms with Crippen molar-refractivity contribution in [2.75, 3.05) is 24.2 Å². The average Bonchev–Trinajstić information content (AvgIpc) is 2.81. The smallest absolute Gasteiger partial charge is 0.190 e. The van der Waals surface area contributed by atoms with Gasteiger partial charge < -0.3 is 4.90 Å². The fourth-order valence-electron chi connectivity index (χ4n) is 1.77. The van der Waals surface area contributed by atoms with Crippen molar-refractivity contribution in [3.8, 4) is 0 Å². The molecule has 1 saturated heterocycles. The van der Waals surface area contributed by atoms with Crippen molar-refractivity contribution in [1.82, 2.24) is 9.97 Å². The van der Waals surface area contributed by atoms with E-state index in [1.807, 2.05) is 6.26 Å². The molecule has 0 N–H and O–H groups in total. The Bertz CT molecular complexity index is 407. The summed E-state index contributed by atoms with van der Waals surface area (Å²) in [4.78, 5) is 21.5. The van der Waals surface area contributed by atoms with E-state index in [0.29, 0.717) is 16.5 Å². The molecule has 6 heteroatoms. The Labute approximate surface area is 103 Å². The predicted octanol–water partition coefficient (Wildman–Crippen LogP) is 2.26. The van der Waals surface area contributed by atoms with E-state index in [9.17, 15) is 4.79 Å². The molecule has 1 aromatic heterocycles. The van der Waals surface area contributed by atoms with Crippen LogP contribution in [0.3, 0.4) is 0 Å². The first-order chi connectivity index (χ1) is 7.76. The van der Waals surface area contributed by atoms with Gasteiger partial charge in [-0.15, -0.1) is 0 Å². The van der Waals surface area contributed by atoms with E-state index in [2.05, 4.69) is 14.9 Å². The molecule has 1 fully saturated rings. The molecule has 0 unspecified atom stereocenters. The first kappa shape index (κ1) is 11.7. The molecule has 1 aromatic rings.